The van der Waals surface area contributed by atoms with Gasteiger partial charge in [-0.1, -0.05) is 167 Å². The van der Waals surface area contributed by atoms with E-state index in [0.717, 1.165) is 12.3 Å². The molecular formula is C35H79N. The van der Waals surface area contributed by atoms with Crippen molar-refractivity contribution in [2.75, 3.05) is 0 Å². The molecule has 1 aliphatic rings. The van der Waals surface area contributed by atoms with Crippen LogP contribution in [0.15, 0.2) is 12.2 Å². The van der Waals surface area contributed by atoms with Gasteiger partial charge in [-0.25, -0.2) is 0 Å². The van der Waals surface area contributed by atoms with Crippen LogP contribution < -0.4 is 5.73 Å². The summed E-state index contributed by atoms with van der Waals surface area (Å²) in [5.41, 5.74) is 8.71. The van der Waals surface area contributed by atoms with Crippen LogP contribution in [0.5, 0.6) is 0 Å². The maximum Gasteiger partial charge on any atom is 0.0189 e. The van der Waals surface area contributed by atoms with Crippen LogP contribution in [0.1, 0.15) is 194 Å². The summed E-state index contributed by atoms with van der Waals surface area (Å²) in [6, 6.07) is 0. The van der Waals surface area contributed by atoms with Gasteiger partial charge in [0.05, 0.1) is 0 Å². The quantitative estimate of drug-likeness (QED) is 0.181. The molecule has 1 saturated carbocycles. The molecule has 0 aromatic carbocycles. The van der Waals surface area contributed by atoms with Crippen LogP contribution in [0, 0.1) is 17.3 Å². The molecule has 0 heterocycles. The topological polar surface area (TPSA) is 26.0 Å². The van der Waals surface area contributed by atoms with Gasteiger partial charge in [-0.15, -0.1) is 0 Å². The van der Waals surface area contributed by atoms with Gasteiger partial charge >= 0.3 is 0 Å². The van der Waals surface area contributed by atoms with Gasteiger partial charge in [0.2, 0.25) is 0 Å². The predicted molar refractivity (Wildman–Crippen MR) is 175 cm³/mol. The van der Waals surface area contributed by atoms with Gasteiger partial charge in [0.15, 0.2) is 0 Å². The maximum atomic E-state index is 6.87. The Bertz CT molecular complexity index is 399. The molecule has 0 saturated heterocycles. The van der Waals surface area contributed by atoms with E-state index >= 15 is 0 Å². The maximum absolute atomic E-state index is 6.87. The van der Waals surface area contributed by atoms with Crippen LogP contribution in [0.25, 0.3) is 0 Å². The summed E-state index contributed by atoms with van der Waals surface area (Å²) in [6.45, 7) is 36.7. The summed E-state index contributed by atoms with van der Waals surface area (Å²) in [7, 11) is 0. The molecule has 0 amide bonds. The molecule has 1 heteroatoms. The Balaban J connectivity index is -0.000000208. The van der Waals surface area contributed by atoms with Gasteiger partial charge in [-0.3, -0.25) is 0 Å². The van der Waals surface area contributed by atoms with Crippen molar-refractivity contribution in [2.24, 2.45) is 23.0 Å². The first-order chi connectivity index (χ1) is 17.2. The molecule has 0 aromatic heterocycles. The Morgan fingerprint density at radius 1 is 0.833 bits per heavy atom. The number of allylic oxidation sites excluding steroid dienone is 1. The summed E-state index contributed by atoms with van der Waals surface area (Å²) in [4.78, 5) is 0. The Morgan fingerprint density at radius 3 is 1.64 bits per heavy atom. The molecule has 4 unspecified atom stereocenters. The minimum atomic E-state index is 0.0311. The molecule has 1 rings (SSSR count). The lowest BCUT2D eigenvalue weighted by molar-refractivity contribution is 0.271. The number of hydrogen-bond donors (Lipinski definition) is 1. The highest BCUT2D eigenvalue weighted by atomic mass is 14.8. The van der Waals surface area contributed by atoms with Gasteiger partial charge < -0.3 is 5.73 Å². The van der Waals surface area contributed by atoms with Gasteiger partial charge in [0.25, 0.3) is 0 Å². The fraction of sp³-hybridized carbons (Fsp3) is 0.943. The van der Waals surface area contributed by atoms with Crippen molar-refractivity contribution in [3.63, 3.8) is 0 Å². The fourth-order valence-corrected chi connectivity index (χ4v) is 4.14. The number of rotatable bonds is 14. The second kappa shape index (κ2) is 32.7. The normalized spacial score (nSPS) is 19.4. The second-order valence-corrected chi connectivity index (χ2v) is 10.3. The Morgan fingerprint density at radius 2 is 1.28 bits per heavy atom. The molecule has 1 fully saturated rings. The van der Waals surface area contributed by atoms with Crippen molar-refractivity contribution in [3.8, 4) is 0 Å². The Kier molecular flexibility index (Phi) is 41.5. The Labute approximate surface area is 234 Å². The van der Waals surface area contributed by atoms with Crippen LogP contribution in [0.2, 0.25) is 0 Å². The lowest BCUT2D eigenvalue weighted by Crippen LogP contribution is -2.43. The first-order valence-corrected chi connectivity index (χ1v) is 16.6. The molecule has 0 aliphatic heterocycles. The SMILES string of the molecule is C=C(CCCCCCC)C1(C)CC1C(N)(CC)CCC(C)CC.CC.CC.CC.CCC.CCCC. The van der Waals surface area contributed by atoms with Crippen LogP contribution >= 0.6 is 0 Å². The lowest BCUT2D eigenvalue weighted by atomic mass is 9.78. The molecule has 0 bridgehead atoms. The molecule has 0 aromatic rings. The van der Waals surface area contributed by atoms with E-state index in [1.807, 2.05) is 41.5 Å². The number of hydrogen-bond acceptors (Lipinski definition) is 1. The zero-order chi connectivity index (χ0) is 29.6. The minimum absolute atomic E-state index is 0.0311. The van der Waals surface area contributed by atoms with Gasteiger partial charge in [0, 0.05) is 5.54 Å². The van der Waals surface area contributed by atoms with Crippen molar-refractivity contribution < 1.29 is 0 Å². The molecule has 36 heavy (non-hydrogen) atoms. The highest BCUT2D eigenvalue weighted by Gasteiger charge is 2.59. The average Bonchev–Trinajstić information content (AvgIpc) is 3.64. The third-order valence-electron chi connectivity index (χ3n) is 7.28. The summed E-state index contributed by atoms with van der Waals surface area (Å²) in [5, 5.41) is 0. The molecule has 2 N–H and O–H groups in total. The predicted octanol–water partition coefficient (Wildman–Crippen LogP) is 13.2. The van der Waals surface area contributed by atoms with E-state index < -0.39 is 0 Å². The van der Waals surface area contributed by atoms with E-state index in [1.54, 1.807) is 0 Å². The van der Waals surface area contributed by atoms with Crippen molar-refractivity contribution in [2.45, 2.75) is 199 Å². The highest BCUT2D eigenvalue weighted by Crippen LogP contribution is 2.63. The fourth-order valence-electron chi connectivity index (χ4n) is 4.14. The molecular weight excluding hydrogens is 434 g/mol. The van der Waals surface area contributed by atoms with E-state index in [1.165, 1.54) is 89.0 Å². The largest absolute Gasteiger partial charge is 0.325 e. The monoisotopic (exact) mass is 514 g/mol. The third kappa shape index (κ3) is 22.9. The summed E-state index contributed by atoms with van der Waals surface area (Å²) in [6.07, 6.45) is 18.0. The number of nitrogens with two attached hydrogens (primary N) is 1. The van der Waals surface area contributed by atoms with Crippen LogP contribution in [-0.4, -0.2) is 5.54 Å². The average molecular weight is 514 g/mol. The van der Waals surface area contributed by atoms with E-state index in [9.17, 15) is 0 Å². The van der Waals surface area contributed by atoms with Gasteiger partial charge in [-0.05, 0) is 55.8 Å². The first kappa shape index (κ1) is 45.6. The van der Waals surface area contributed by atoms with E-state index in [0.29, 0.717) is 11.3 Å². The van der Waals surface area contributed by atoms with Crippen molar-refractivity contribution in [1.82, 2.24) is 0 Å². The van der Waals surface area contributed by atoms with Crippen LogP contribution in [0.3, 0.4) is 0 Å². The zero-order valence-electron chi connectivity index (χ0n) is 28.8. The number of unbranched alkanes of at least 4 members (excludes halogenated alkanes) is 5. The third-order valence-corrected chi connectivity index (χ3v) is 7.28. The van der Waals surface area contributed by atoms with Crippen molar-refractivity contribution in [1.29, 1.82) is 0 Å². The molecule has 1 aliphatic carbocycles. The second-order valence-electron chi connectivity index (χ2n) is 10.3. The van der Waals surface area contributed by atoms with E-state index in [4.69, 9.17) is 5.73 Å². The molecule has 0 radical (unpaired) electrons. The van der Waals surface area contributed by atoms with Crippen LogP contribution in [-0.2, 0) is 0 Å². The van der Waals surface area contributed by atoms with E-state index in [-0.39, 0.29) is 5.54 Å². The van der Waals surface area contributed by atoms with Gasteiger partial charge in [0.1, 0.15) is 0 Å². The summed E-state index contributed by atoms with van der Waals surface area (Å²) < 4.78 is 0. The molecule has 1 nitrogen and oxygen atoms in total. The molecule has 4 atom stereocenters. The Hall–Kier alpha value is -0.300. The van der Waals surface area contributed by atoms with Crippen molar-refractivity contribution in [3.05, 3.63) is 12.2 Å². The zero-order valence-corrected chi connectivity index (χ0v) is 28.8. The summed E-state index contributed by atoms with van der Waals surface area (Å²) >= 11 is 0. The standard InChI is InChI=1S/C22H43N.C4H10.C3H8.3C2H6/c1-7-10-11-12-13-14-19(5)21(6)17-20(21)22(23,9-3)16-15-18(4)8-2;1-3-4-2;1-3-2;3*1-2/h18,20H,5,7-17,23H2,1-4,6H3;3-4H2,1-2H3;3H2,1-2H3;3*1-2H3. The van der Waals surface area contributed by atoms with Gasteiger partial charge in [-0.2, -0.15) is 0 Å². The van der Waals surface area contributed by atoms with E-state index in [2.05, 4.69) is 68.9 Å². The summed E-state index contributed by atoms with van der Waals surface area (Å²) in [5.74, 6) is 1.46. The lowest BCUT2D eigenvalue weighted by Gasteiger charge is -2.32. The molecule has 224 valence electrons. The van der Waals surface area contributed by atoms with Crippen molar-refractivity contribution >= 4 is 0 Å². The van der Waals surface area contributed by atoms with Crippen LogP contribution in [0.4, 0.5) is 0 Å². The highest BCUT2D eigenvalue weighted by molar-refractivity contribution is 5.25. The smallest absolute Gasteiger partial charge is 0.0189 e. The molecule has 0 spiro atoms. The minimum Gasteiger partial charge on any atom is -0.325 e. The first-order valence-electron chi connectivity index (χ1n) is 16.6.